The molecule has 1 N–H and O–H groups in total. The number of carbonyl (C=O) groups excluding carboxylic acids is 1. The van der Waals surface area contributed by atoms with Crippen LogP contribution in [0.15, 0.2) is 48.5 Å². The van der Waals surface area contributed by atoms with Gasteiger partial charge < -0.3 is 15.0 Å². The summed E-state index contributed by atoms with van der Waals surface area (Å²) < 4.78 is 5.59. The Kier molecular flexibility index (Phi) is 5.99. The first-order valence-corrected chi connectivity index (χ1v) is 10.5. The number of rotatable bonds is 6. The van der Waals surface area contributed by atoms with E-state index in [-0.39, 0.29) is 22.6 Å². The number of nitrogens with one attached hydrogen (secondary N) is 1. The third-order valence-corrected chi connectivity index (χ3v) is 6.28. The van der Waals surface area contributed by atoms with Crippen LogP contribution in [0.1, 0.15) is 41.6 Å². The van der Waals surface area contributed by atoms with Gasteiger partial charge in [0.1, 0.15) is 5.56 Å². The van der Waals surface area contributed by atoms with Crippen molar-refractivity contribution >= 4 is 17.3 Å². The van der Waals surface area contributed by atoms with Gasteiger partial charge in [-0.25, -0.2) is 0 Å². The van der Waals surface area contributed by atoms with Crippen LogP contribution in [-0.4, -0.2) is 48.6 Å². The highest BCUT2D eigenvalue weighted by Gasteiger charge is 2.34. The minimum atomic E-state index is -0.475. The zero-order chi connectivity index (χ0) is 21.0. The molecule has 2 fully saturated rings. The van der Waals surface area contributed by atoms with Crippen LogP contribution in [0.4, 0.5) is 11.4 Å². The van der Waals surface area contributed by atoms with Gasteiger partial charge in [-0.3, -0.25) is 14.9 Å². The quantitative estimate of drug-likeness (QED) is 0.576. The molecule has 0 bridgehead atoms. The van der Waals surface area contributed by atoms with E-state index in [0.717, 1.165) is 31.4 Å². The van der Waals surface area contributed by atoms with Gasteiger partial charge in [0.05, 0.1) is 4.92 Å². The summed E-state index contributed by atoms with van der Waals surface area (Å²) in [5, 5.41) is 15.0. The van der Waals surface area contributed by atoms with Gasteiger partial charge in [0.25, 0.3) is 11.6 Å². The Hall–Kier alpha value is -2.93. The minimum absolute atomic E-state index is 0.0690. The average Bonchev–Trinajstić information content (AvgIpc) is 3.33. The first-order valence-electron chi connectivity index (χ1n) is 10.5. The molecule has 2 aromatic rings. The molecule has 7 nitrogen and oxygen atoms in total. The van der Waals surface area contributed by atoms with Gasteiger partial charge >= 0.3 is 0 Å². The molecule has 0 unspecified atom stereocenters. The van der Waals surface area contributed by atoms with Crippen molar-refractivity contribution in [1.29, 1.82) is 0 Å². The van der Waals surface area contributed by atoms with Crippen LogP contribution in [0, 0.1) is 10.1 Å². The maximum Gasteiger partial charge on any atom is 0.282 e. The number of carbonyl (C=O) groups is 1. The third kappa shape index (κ3) is 4.16. The van der Waals surface area contributed by atoms with Crippen molar-refractivity contribution in [2.45, 2.75) is 31.1 Å². The number of nitro benzene ring substituents is 1. The Balaban J connectivity index is 1.58. The number of ether oxygens (including phenoxy) is 1. The van der Waals surface area contributed by atoms with Crippen molar-refractivity contribution in [3.63, 3.8) is 0 Å². The lowest BCUT2D eigenvalue weighted by Crippen LogP contribution is -2.40. The number of nitrogens with zero attached hydrogens (tertiary/aromatic N) is 2. The SMILES string of the molecule is O=C(c1cc(NCC2(c3ccccc3)CCOCC2)ccc1[N+](=O)[O-])N1CCCC1. The molecule has 30 heavy (non-hydrogen) atoms. The molecule has 1 amide bonds. The monoisotopic (exact) mass is 409 g/mol. The van der Waals surface area contributed by atoms with E-state index in [2.05, 4.69) is 17.4 Å². The van der Waals surface area contributed by atoms with Crippen molar-refractivity contribution in [1.82, 2.24) is 4.90 Å². The molecule has 2 aliphatic rings. The average molecular weight is 409 g/mol. The second-order valence-corrected chi connectivity index (χ2v) is 8.10. The molecule has 4 rings (SSSR count). The maximum atomic E-state index is 12.9. The van der Waals surface area contributed by atoms with Gasteiger partial charge in [0, 0.05) is 50.0 Å². The topological polar surface area (TPSA) is 84.7 Å². The lowest BCUT2D eigenvalue weighted by atomic mass is 9.74. The van der Waals surface area contributed by atoms with E-state index >= 15 is 0 Å². The second-order valence-electron chi connectivity index (χ2n) is 8.10. The van der Waals surface area contributed by atoms with E-state index in [1.165, 1.54) is 11.6 Å². The number of amides is 1. The Morgan fingerprint density at radius 3 is 2.47 bits per heavy atom. The number of hydrogen-bond acceptors (Lipinski definition) is 5. The molecule has 0 radical (unpaired) electrons. The number of anilines is 1. The first-order chi connectivity index (χ1) is 14.6. The number of hydrogen-bond donors (Lipinski definition) is 1. The van der Waals surface area contributed by atoms with Crippen molar-refractivity contribution in [2.75, 3.05) is 38.2 Å². The fourth-order valence-corrected chi connectivity index (χ4v) is 4.46. The summed E-state index contributed by atoms with van der Waals surface area (Å²) in [6.07, 6.45) is 3.69. The highest BCUT2D eigenvalue weighted by Crippen LogP contribution is 2.35. The Morgan fingerprint density at radius 2 is 1.80 bits per heavy atom. The normalized spacial score (nSPS) is 18.2. The van der Waals surface area contributed by atoms with E-state index in [0.29, 0.717) is 32.8 Å². The third-order valence-electron chi connectivity index (χ3n) is 6.28. The first kappa shape index (κ1) is 20.3. The van der Waals surface area contributed by atoms with Crippen molar-refractivity contribution < 1.29 is 14.5 Å². The van der Waals surface area contributed by atoms with Crippen molar-refractivity contribution in [3.8, 4) is 0 Å². The van der Waals surface area contributed by atoms with Gasteiger partial charge in [-0.15, -0.1) is 0 Å². The largest absolute Gasteiger partial charge is 0.384 e. The summed E-state index contributed by atoms with van der Waals surface area (Å²) >= 11 is 0. The van der Waals surface area contributed by atoms with Crippen LogP contribution < -0.4 is 5.32 Å². The van der Waals surface area contributed by atoms with Crippen LogP contribution >= 0.6 is 0 Å². The molecular formula is C23H27N3O4. The molecule has 2 heterocycles. The summed E-state index contributed by atoms with van der Waals surface area (Å²) in [5.41, 5.74) is 1.94. The molecule has 2 aromatic carbocycles. The van der Waals surface area contributed by atoms with Crippen LogP contribution in [0.3, 0.4) is 0 Å². The van der Waals surface area contributed by atoms with Gasteiger partial charge in [-0.2, -0.15) is 0 Å². The molecule has 0 aromatic heterocycles. The van der Waals surface area contributed by atoms with Crippen LogP contribution in [0.25, 0.3) is 0 Å². The molecule has 2 aliphatic heterocycles. The molecule has 0 atom stereocenters. The fraction of sp³-hybridized carbons (Fsp3) is 0.435. The zero-order valence-electron chi connectivity index (χ0n) is 17.0. The van der Waals surface area contributed by atoms with Gasteiger partial charge in [-0.1, -0.05) is 30.3 Å². The molecule has 0 aliphatic carbocycles. The lowest BCUT2D eigenvalue weighted by molar-refractivity contribution is -0.385. The Morgan fingerprint density at radius 1 is 1.10 bits per heavy atom. The number of nitro groups is 1. The standard InChI is InChI=1S/C23H27N3O4/c27-22(25-12-4-5-13-25)20-16-19(8-9-21(20)26(28)29)24-17-23(10-14-30-15-11-23)18-6-2-1-3-7-18/h1-3,6-9,16,24H,4-5,10-15,17H2. The fourth-order valence-electron chi connectivity index (χ4n) is 4.46. The second kappa shape index (κ2) is 8.83. The summed E-state index contributed by atoms with van der Waals surface area (Å²) in [6, 6.07) is 15.2. The summed E-state index contributed by atoms with van der Waals surface area (Å²) in [4.78, 5) is 25.6. The minimum Gasteiger partial charge on any atom is -0.384 e. The molecule has 0 saturated carbocycles. The van der Waals surface area contributed by atoms with Crippen LogP contribution in [0.2, 0.25) is 0 Å². The van der Waals surface area contributed by atoms with Crippen molar-refractivity contribution in [3.05, 3.63) is 69.8 Å². The van der Waals surface area contributed by atoms with E-state index < -0.39 is 4.92 Å². The lowest BCUT2D eigenvalue weighted by Gasteiger charge is -2.38. The van der Waals surface area contributed by atoms with E-state index in [4.69, 9.17) is 4.74 Å². The van der Waals surface area contributed by atoms with Gasteiger partial charge in [-0.05, 0) is 43.4 Å². The van der Waals surface area contributed by atoms with Gasteiger partial charge in [0.2, 0.25) is 0 Å². The highest BCUT2D eigenvalue weighted by atomic mass is 16.6. The molecule has 158 valence electrons. The summed E-state index contributed by atoms with van der Waals surface area (Å²) in [6.45, 7) is 3.40. The van der Waals surface area contributed by atoms with Crippen LogP contribution in [0.5, 0.6) is 0 Å². The van der Waals surface area contributed by atoms with Crippen molar-refractivity contribution in [2.24, 2.45) is 0 Å². The van der Waals surface area contributed by atoms with E-state index in [1.54, 1.807) is 17.0 Å². The molecular weight excluding hydrogens is 382 g/mol. The molecule has 2 saturated heterocycles. The predicted octanol–water partition coefficient (Wildman–Crippen LogP) is 3.99. The van der Waals surface area contributed by atoms with Crippen LogP contribution in [-0.2, 0) is 10.2 Å². The predicted molar refractivity (Wildman–Crippen MR) is 115 cm³/mol. The smallest absolute Gasteiger partial charge is 0.282 e. The van der Waals surface area contributed by atoms with Gasteiger partial charge in [0.15, 0.2) is 0 Å². The molecule has 7 heteroatoms. The van der Waals surface area contributed by atoms with E-state index in [9.17, 15) is 14.9 Å². The number of benzene rings is 2. The summed E-state index contributed by atoms with van der Waals surface area (Å²) in [5.74, 6) is -0.258. The Bertz CT molecular complexity index is 904. The summed E-state index contributed by atoms with van der Waals surface area (Å²) in [7, 11) is 0. The Labute approximate surface area is 176 Å². The maximum absolute atomic E-state index is 12.9. The molecule has 0 spiro atoms. The zero-order valence-corrected chi connectivity index (χ0v) is 17.0. The number of likely N-dealkylation sites (tertiary alicyclic amines) is 1. The van der Waals surface area contributed by atoms with E-state index in [1.807, 2.05) is 18.2 Å². The highest BCUT2D eigenvalue weighted by molar-refractivity contribution is 5.99.